The van der Waals surface area contributed by atoms with Crippen LogP contribution >= 0.6 is 12.6 Å². The van der Waals surface area contributed by atoms with Crippen molar-refractivity contribution >= 4 is 18.5 Å². The second-order valence-corrected chi connectivity index (χ2v) is 3.15. The quantitative estimate of drug-likeness (QED) is 0.687. The predicted octanol–water partition coefficient (Wildman–Crippen LogP) is 0.275. The van der Waals surface area contributed by atoms with Gasteiger partial charge in [0.2, 0.25) is 5.91 Å². The van der Waals surface area contributed by atoms with Crippen molar-refractivity contribution in [3.8, 4) is 0 Å². The lowest BCUT2D eigenvalue weighted by molar-refractivity contribution is -0.118. The minimum atomic E-state index is -0.0658. The first-order valence-corrected chi connectivity index (χ1v) is 4.63. The van der Waals surface area contributed by atoms with Crippen LogP contribution in [0.25, 0.3) is 0 Å². The number of aromatic nitrogens is 2. The van der Waals surface area contributed by atoms with Crippen LogP contribution in [0.15, 0.2) is 6.20 Å². The fourth-order valence-corrected chi connectivity index (χ4v) is 1.18. The van der Waals surface area contributed by atoms with E-state index >= 15 is 0 Å². The molecule has 1 amide bonds. The second-order valence-electron chi connectivity index (χ2n) is 2.83. The minimum Gasteiger partial charge on any atom is -0.350 e. The van der Waals surface area contributed by atoms with Gasteiger partial charge in [-0.15, -0.1) is 0 Å². The highest BCUT2D eigenvalue weighted by Crippen LogP contribution is 2.04. The molecule has 1 heterocycles. The molecule has 0 aliphatic rings. The summed E-state index contributed by atoms with van der Waals surface area (Å²) in [6.07, 6.45) is 1.78. The highest BCUT2D eigenvalue weighted by atomic mass is 32.1. The summed E-state index contributed by atoms with van der Waals surface area (Å²) in [6.45, 7) is 2.48. The van der Waals surface area contributed by atoms with Crippen molar-refractivity contribution in [2.45, 2.75) is 13.5 Å². The lowest BCUT2D eigenvalue weighted by atomic mass is 10.3. The standard InChI is InChI=1S/C8H13N3OS/c1-6-3-10-11(2)7(6)4-9-8(12)5-13/h3,13H,4-5H2,1-2H3,(H,9,12). The van der Waals surface area contributed by atoms with Gasteiger partial charge in [0, 0.05) is 7.05 Å². The Balaban J connectivity index is 2.58. The summed E-state index contributed by atoms with van der Waals surface area (Å²) >= 11 is 3.86. The fourth-order valence-electron chi connectivity index (χ4n) is 1.06. The van der Waals surface area contributed by atoms with Gasteiger partial charge in [0.1, 0.15) is 0 Å². The van der Waals surface area contributed by atoms with Crippen LogP contribution in [0.3, 0.4) is 0 Å². The molecule has 0 fully saturated rings. The van der Waals surface area contributed by atoms with Crippen molar-refractivity contribution in [3.05, 3.63) is 17.5 Å². The topological polar surface area (TPSA) is 46.9 Å². The van der Waals surface area contributed by atoms with Crippen molar-refractivity contribution in [3.63, 3.8) is 0 Å². The highest BCUT2D eigenvalue weighted by molar-refractivity contribution is 7.81. The molecule has 0 unspecified atom stereocenters. The predicted molar refractivity (Wildman–Crippen MR) is 53.6 cm³/mol. The third kappa shape index (κ3) is 2.48. The number of rotatable bonds is 3. The summed E-state index contributed by atoms with van der Waals surface area (Å²) in [5.74, 6) is 0.153. The molecule has 5 heteroatoms. The summed E-state index contributed by atoms with van der Waals surface area (Å²) in [5.41, 5.74) is 2.11. The molecule has 72 valence electrons. The van der Waals surface area contributed by atoms with Crippen molar-refractivity contribution in [2.24, 2.45) is 7.05 Å². The molecular formula is C8H13N3OS. The van der Waals surface area contributed by atoms with Crippen molar-refractivity contribution in [1.82, 2.24) is 15.1 Å². The molecule has 4 nitrogen and oxygen atoms in total. The number of aryl methyl sites for hydroxylation is 2. The van der Waals surface area contributed by atoms with Gasteiger partial charge in [-0.25, -0.2) is 0 Å². The Kier molecular flexibility index (Phi) is 3.36. The van der Waals surface area contributed by atoms with Gasteiger partial charge in [-0.3, -0.25) is 9.48 Å². The van der Waals surface area contributed by atoms with Gasteiger partial charge in [-0.1, -0.05) is 0 Å². The van der Waals surface area contributed by atoms with Gasteiger partial charge >= 0.3 is 0 Å². The Morgan fingerprint density at radius 2 is 2.46 bits per heavy atom. The molecular weight excluding hydrogens is 186 g/mol. The number of thiol groups is 1. The number of hydrogen-bond acceptors (Lipinski definition) is 3. The second kappa shape index (κ2) is 4.32. The molecule has 0 atom stereocenters. The van der Waals surface area contributed by atoms with E-state index < -0.39 is 0 Å². The molecule has 0 spiro atoms. The maximum atomic E-state index is 10.9. The van der Waals surface area contributed by atoms with E-state index in [0.717, 1.165) is 11.3 Å². The van der Waals surface area contributed by atoms with E-state index in [-0.39, 0.29) is 11.7 Å². The molecule has 0 aliphatic carbocycles. The van der Waals surface area contributed by atoms with E-state index in [1.165, 1.54) is 0 Å². The smallest absolute Gasteiger partial charge is 0.230 e. The SMILES string of the molecule is Cc1cnn(C)c1CNC(=O)CS. The molecule has 0 aliphatic heterocycles. The van der Waals surface area contributed by atoms with Crippen LogP contribution in [0.5, 0.6) is 0 Å². The first kappa shape index (κ1) is 10.1. The van der Waals surface area contributed by atoms with Gasteiger partial charge < -0.3 is 5.32 Å². The van der Waals surface area contributed by atoms with Crippen molar-refractivity contribution in [2.75, 3.05) is 5.75 Å². The maximum absolute atomic E-state index is 10.9. The van der Waals surface area contributed by atoms with Crippen molar-refractivity contribution in [1.29, 1.82) is 0 Å². The minimum absolute atomic E-state index is 0.0658. The molecule has 0 radical (unpaired) electrons. The maximum Gasteiger partial charge on any atom is 0.230 e. The molecule has 0 bridgehead atoms. The Morgan fingerprint density at radius 3 is 2.92 bits per heavy atom. The largest absolute Gasteiger partial charge is 0.350 e. The van der Waals surface area contributed by atoms with Crippen LogP contribution in [-0.4, -0.2) is 21.4 Å². The van der Waals surface area contributed by atoms with Crippen LogP contribution in [-0.2, 0) is 18.4 Å². The first-order valence-electron chi connectivity index (χ1n) is 4.00. The van der Waals surface area contributed by atoms with Crippen LogP contribution in [0, 0.1) is 6.92 Å². The first-order chi connectivity index (χ1) is 6.15. The summed E-state index contributed by atoms with van der Waals surface area (Å²) < 4.78 is 1.76. The summed E-state index contributed by atoms with van der Waals surface area (Å²) in [5, 5.41) is 6.81. The lowest BCUT2D eigenvalue weighted by Gasteiger charge is -2.04. The van der Waals surface area contributed by atoms with E-state index in [2.05, 4.69) is 23.0 Å². The number of nitrogens with one attached hydrogen (secondary N) is 1. The zero-order chi connectivity index (χ0) is 9.84. The average Bonchev–Trinajstić information content (AvgIpc) is 2.43. The molecule has 13 heavy (non-hydrogen) atoms. The molecule has 0 aromatic carbocycles. The van der Waals surface area contributed by atoms with Gasteiger partial charge in [0.05, 0.1) is 24.2 Å². The Bertz CT molecular complexity index is 289. The molecule has 1 rings (SSSR count). The number of carbonyl (C=O) groups is 1. The third-order valence-electron chi connectivity index (χ3n) is 1.87. The van der Waals surface area contributed by atoms with E-state index in [1.54, 1.807) is 10.9 Å². The van der Waals surface area contributed by atoms with E-state index in [9.17, 15) is 4.79 Å². The van der Waals surface area contributed by atoms with E-state index in [1.807, 2.05) is 14.0 Å². The highest BCUT2D eigenvalue weighted by Gasteiger charge is 2.05. The zero-order valence-corrected chi connectivity index (χ0v) is 8.64. The monoisotopic (exact) mass is 199 g/mol. The molecule has 0 saturated carbocycles. The van der Waals surface area contributed by atoms with Gasteiger partial charge in [-0.05, 0) is 12.5 Å². The van der Waals surface area contributed by atoms with Crippen LogP contribution in [0.4, 0.5) is 0 Å². The number of amides is 1. The van der Waals surface area contributed by atoms with E-state index in [0.29, 0.717) is 6.54 Å². The summed E-state index contributed by atoms with van der Waals surface area (Å²) in [7, 11) is 1.86. The fraction of sp³-hybridized carbons (Fsp3) is 0.500. The van der Waals surface area contributed by atoms with Crippen molar-refractivity contribution < 1.29 is 4.79 Å². The van der Waals surface area contributed by atoms with Crippen LogP contribution in [0.1, 0.15) is 11.3 Å². The van der Waals surface area contributed by atoms with E-state index in [4.69, 9.17) is 0 Å². The molecule has 1 aromatic rings. The van der Waals surface area contributed by atoms with Gasteiger partial charge in [-0.2, -0.15) is 17.7 Å². The van der Waals surface area contributed by atoms with Gasteiger partial charge in [0.25, 0.3) is 0 Å². The Morgan fingerprint density at radius 1 is 1.77 bits per heavy atom. The number of nitrogens with zero attached hydrogens (tertiary/aromatic N) is 2. The normalized spacial score (nSPS) is 10.1. The van der Waals surface area contributed by atoms with Crippen LogP contribution in [0.2, 0.25) is 0 Å². The Labute approximate surface area is 82.7 Å². The average molecular weight is 199 g/mol. The number of hydrogen-bond donors (Lipinski definition) is 2. The lowest BCUT2D eigenvalue weighted by Crippen LogP contribution is -2.25. The molecule has 0 saturated heterocycles. The van der Waals surface area contributed by atoms with Crippen LogP contribution < -0.4 is 5.32 Å². The number of carbonyl (C=O) groups excluding carboxylic acids is 1. The summed E-state index contributed by atoms with van der Waals surface area (Å²) in [4.78, 5) is 10.9. The summed E-state index contributed by atoms with van der Waals surface area (Å²) in [6, 6.07) is 0. The third-order valence-corrected chi connectivity index (χ3v) is 2.15. The Hall–Kier alpha value is -0.970. The van der Waals surface area contributed by atoms with Gasteiger partial charge in [0.15, 0.2) is 0 Å². The molecule has 1 aromatic heterocycles. The molecule has 1 N–H and O–H groups in total. The zero-order valence-electron chi connectivity index (χ0n) is 7.74.